The Hall–Kier alpha value is -1.73. The van der Waals surface area contributed by atoms with E-state index in [1.54, 1.807) is 7.11 Å². The summed E-state index contributed by atoms with van der Waals surface area (Å²) in [5, 5.41) is 1.10. The maximum absolute atomic E-state index is 11.6. The van der Waals surface area contributed by atoms with Crippen LogP contribution in [0.4, 0.5) is 0 Å². The van der Waals surface area contributed by atoms with Crippen LogP contribution in [0.3, 0.4) is 0 Å². The maximum Gasteiger partial charge on any atom is 0.306 e. The van der Waals surface area contributed by atoms with Gasteiger partial charge in [0.2, 0.25) is 0 Å². The second-order valence-corrected chi connectivity index (χ2v) is 5.94. The minimum atomic E-state index is -0.384. The molecule has 0 saturated carbocycles. The van der Waals surface area contributed by atoms with E-state index in [0.717, 1.165) is 21.0 Å². The number of esters is 1. The molecular weight excluding hydrogens is 322 g/mol. The molecule has 0 bridgehead atoms. The summed E-state index contributed by atoms with van der Waals surface area (Å²) in [6, 6.07) is 5.67. The van der Waals surface area contributed by atoms with Gasteiger partial charge >= 0.3 is 5.97 Å². The molecule has 1 aromatic heterocycles. The molecule has 1 unspecified atom stereocenters. The van der Waals surface area contributed by atoms with Crippen LogP contribution in [0.25, 0.3) is 10.2 Å². The second kappa shape index (κ2) is 7.51. The maximum atomic E-state index is 11.6. The lowest BCUT2D eigenvalue weighted by Crippen LogP contribution is -2.18. The number of benzene rings is 1. The summed E-state index contributed by atoms with van der Waals surface area (Å²) in [4.78, 5) is 16.2. The van der Waals surface area contributed by atoms with Gasteiger partial charge in [-0.2, -0.15) is 0 Å². The number of methoxy groups -OCH3 is 2. The summed E-state index contributed by atoms with van der Waals surface area (Å²) in [5.74, 6) is 0.0101. The fourth-order valence-electron chi connectivity index (χ4n) is 1.97. The quantitative estimate of drug-likeness (QED) is 0.594. The van der Waals surface area contributed by atoms with Crippen molar-refractivity contribution in [3.8, 4) is 5.75 Å². The van der Waals surface area contributed by atoms with E-state index in [-0.39, 0.29) is 18.3 Å². The molecule has 0 spiro atoms. The first-order valence-electron chi connectivity index (χ1n) is 6.77. The Morgan fingerprint density at radius 3 is 2.82 bits per heavy atom. The molecule has 0 aliphatic heterocycles. The van der Waals surface area contributed by atoms with Gasteiger partial charge in [0.05, 0.1) is 43.4 Å². The highest BCUT2D eigenvalue weighted by Crippen LogP contribution is 2.32. The summed E-state index contributed by atoms with van der Waals surface area (Å²) < 4.78 is 16.4. The van der Waals surface area contributed by atoms with Gasteiger partial charge in [0.15, 0.2) is 5.05 Å². The first kappa shape index (κ1) is 16.6. The summed E-state index contributed by atoms with van der Waals surface area (Å²) in [6.07, 6.45) is 0.117. The lowest BCUT2D eigenvalue weighted by molar-refractivity contribution is -0.140. The Balaban J connectivity index is 2.37. The fraction of sp³-hybridized carbons (Fsp3) is 0.400. The predicted molar refractivity (Wildman–Crippen MR) is 89.8 cm³/mol. The number of nitrogens with zero attached hydrogens (tertiary/aromatic N) is 1. The Labute approximate surface area is 138 Å². The highest BCUT2D eigenvalue weighted by atomic mass is 32.1. The van der Waals surface area contributed by atoms with Crippen LogP contribution in [0.2, 0.25) is 0 Å². The van der Waals surface area contributed by atoms with Gasteiger partial charge in [0.1, 0.15) is 10.8 Å². The zero-order valence-electron chi connectivity index (χ0n) is 12.6. The van der Waals surface area contributed by atoms with Gasteiger partial charge in [-0.3, -0.25) is 4.79 Å². The van der Waals surface area contributed by atoms with E-state index in [0.29, 0.717) is 11.7 Å². The number of aromatic nitrogens is 1. The van der Waals surface area contributed by atoms with E-state index >= 15 is 0 Å². The Morgan fingerprint density at radius 1 is 1.41 bits per heavy atom. The van der Waals surface area contributed by atoms with Gasteiger partial charge < -0.3 is 14.2 Å². The number of hydrogen-bond donors (Lipinski definition) is 0. The average molecular weight is 339 g/mol. The summed E-state index contributed by atoms with van der Waals surface area (Å²) in [7, 11) is 2.96. The largest absolute Gasteiger partial charge is 0.497 e. The third kappa shape index (κ3) is 3.72. The number of ether oxygens (including phenoxy) is 3. The molecule has 5 nitrogen and oxygen atoms in total. The van der Waals surface area contributed by atoms with Crippen LogP contribution in [0.1, 0.15) is 24.3 Å². The first-order chi connectivity index (χ1) is 10.6. The standard InChI is InChI=1S/C15H17NO4S2/c1-4-20-15(21)10(8-13(17)19-3)14-16-11-7-9(18-2)5-6-12(11)22-14/h5-7,10H,4,8H2,1-3H3. The molecule has 22 heavy (non-hydrogen) atoms. The molecule has 0 amide bonds. The molecule has 0 aliphatic carbocycles. The molecule has 2 aromatic rings. The molecule has 2 rings (SSSR count). The summed E-state index contributed by atoms with van der Waals surface area (Å²) in [5.41, 5.74) is 0.813. The van der Waals surface area contributed by atoms with Crippen molar-refractivity contribution >= 4 is 44.8 Å². The predicted octanol–water partition coefficient (Wildman–Crippen LogP) is 3.32. The van der Waals surface area contributed by atoms with Gasteiger partial charge in [-0.15, -0.1) is 11.3 Å². The highest BCUT2D eigenvalue weighted by molar-refractivity contribution is 7.80. The topological polar surface area (TPSA) is 57.7 Å². The van der Waals surface area contributed by atoms with Crippen LogP contribution in [-0.2, 0) is 14.3 Å². The zero-order chi connectivity index (χ0) is 16.1. The van der Waals surface area contributed by atoms with Gasteiger partial charge in [0.25, 0.3) is 0 Å². The van der Waals surface area contributed by atoms with Crippen molar-refractivity contribution in [3.63, 3.8) is 0 Å². The van der Waals surface area contributed by atoms with Crippen LogP contribution in [0.5, 0.6) is 5.75 Å². The minimum Gasteiger partial charge on any atom is -0.497 e. The van der Waals surface area contributed by atoms with Gasteiger partial charge in [-0.25, -0.2) is 4.98 Å². The molecule has 0 saturated heterocycles. The van der Waals surface area contributed by atoms with Crippen molar-refractivity contribution in [2.24, 2.45) is 0 Å². The molecule has 1 aromatic carbocycles. The number of rotatable bonds is 6. The SMILES string of the molecule is CCOC(=S)C(CC(=O)OC)c1nc2cc(OC)ccc2s1. The number of carbonyl (C=O) groups excluding carboxylic acids is 1. The number of thiazole rings is 1. The van der Waals surface area contributed by atoms with E-state index < -0.39 is 0 Å². The van der Waals surface area contributed by atoms with Crippen molar-refractivity contribution in [3.05, 3.63) is 23.2 Å². The fourth-order valence-corrected chi connectivity index (χ4v) is 3.40. The van der Waals surface area contributed by atoms with Gasteiger partial charge in [-0.05, 0) is 31.3 Å². The van der Waals surface area contributed by atoms with Gasteiger partial charge in [-0.1, -0.05) is 0 Å². The third-order valence-corrected chi connectivity index (χ3v) is 4.63. The monoisotopic (exact) mass is 339 g/mol. The minimum absolute atomic E-state index is 0.117. The normalized spacial score (nSPS) is 12.0. The van der Waals surface area contributed by atoms with Crippen molar-refractivity contribution in [2.45, 2.75) is 19.3 Å². The van der Waals surface area contributed by atoms with Gasteiger partial charge in [0, 0.05) is 6.07 Å². The molecule has 0 radical (unpaired) electrons. The van der Waals surface area contributed by atoms with Crippen LogP contribution in [0, 0.1) is 0 Å². The van der Waals surface area contributed by atoms with Crippen LogP contribution >= 0.6 is 23.6 Å². The smallest absolute Gasteiger partial charge is 0.306 e. The number of fused-ring (bicyclic) bond motifs is 1. The Kier molecular flexibility index (Phi) is 5.68. The molecule has 118 valence electrons. The molecule has 1 heterocycles. The molecule has 1 atom stereocenters. The van der Waals surface area contributed by atoms with Crippen LogP contribution in [0.15, 0.2) is 18.2 Å². The average Bonchev–Trinajstić information content (AvgIpc) is 2.94. The number of carbonyl (C=O) groups is 1. The number of thiocarbonyl (C=S) groups is 1. The van der Waals surface area contributed by atoms with Crippen molar-refractivity contribution < 1.29 is 19.0 Å². The third-order valence-electron chi connectivity index (χ3n) is 3.08. The lowest BCUT2D eigenvalue weighted by Gasteiger charge is -2.14. The molecule has 0 aliphatic rings. The van der Waals surface area contributed by atoms with E-state index in [2.05, 4.69) is 4.98 Å². The van der Waals surface area contributed by atoms with Crippen molar-refractivity contribution in [1.29, 1.82) is 0 Å². The zero-order valence-corrected chi connectivity index (χ0v) is 14.3. The van der Waals surface area contributed by atoms with Crippen molar-refractivity contribution in [1.82, 2.24) is 4.98 Å². The summed E-state index contributed by atoms with van der Waals surface area (Å²) in [6.45, 7) is 2.31. The van der Waals surface area contributed by atoms with E-state index in [1.807, 2.05) is 25.1 Å². The first-order valence-corrected chi connectivity index (χ1v) is 7.99. The van der Waals surface area contributed by atoms with E-state index in [4.69, 9.17) is 26.4 Å². The second-order valence-electron chi connectivity index (χ2n) is 4.47. The number of hydrogen-bond acceptors (Lipinski definition) is 7. The molecule has 0 fully saturated rings. The van der Waals surface area contributed by atoms with Crippen LogP contribution < -0.4 is 4.74 Å². The highest BCUT2D eigenvalue weighted by Gasteiger charge is 2.26. The van der Waals surface area contributed by atoms with Crippen LogP contribution in [-0.4, -0.2) is 36.8 Å². The Bertz CT molecular complexity index is 683. The van der Waals surface area contributed by atoms with E-state index in [1.165, 1.54) is 18.4 Å². The molecule has 0 N–H and O–H groups in total. The van der Waals surface area contributed by atoms with E-state index in [9.17, 15) is 4.79 Å². The molecule has 7 heteroatoms. The van der Waals surface area contributed by atoms with Crippen molar-refractivity contribution in [2.75, 3.05) is 20.8 Å². The Morgan fingerprint density at radius 2 is 2.18 bits per heavy atom. The molecular formula is C15H17NO4S2. The lowest BCUT2D eigenvalue weighted by atomic mass is 10.1. The summed E-state index contributed by atoms with van der Waals surface area (Å²) >= 11 is 6.78.